The molecule has 0 amide bonds. The highest BCUT2D eigenvalue weighted by Gasteiger charge is 2.22. The van der Waals surface area contributed by atoms with Crippen molar-refractivity contribution >= 4 is 0 Å². The molecular formula is C11H15NO2. The van der Waals surface area contributed by atoms with Crippen molar-refractivity contribution in [3.05, 3.63) is 23.8 Å². The summed E-state index contributed by atoms with van der Waals surface area (Å²) in [6.45, 7) is 5.17. The van der Waals surface area contributed by atoms with Crippen LogP contribution in [0.2, 0.25) is 0 Å². The van der Waals surface area contributed by atoms with Gasteiger partial charge in [-0.1, -0.05) is 19.9 Å². The third kappa shape index (κ3) is 1.44. The first-order chi connectivity index (χ1) is 6.63. The minimum Gasteiger partial charge on any atom is -0.454 e. The average molecular weight is 193 g/mol. The second-order valence-corrected chi connectivity index (χ2v) is 4.16. The van der Waals surface area contributed by atoms with Gasteiger partial charge in [-0.05, 0) is 17.7 Å². The number of ether oxygens (including phenoxy) is 2. The Bertz CT molecular complexity index is 347. The summed E-state index contributed by atoms with van der Waals surface area (Å²) in [5.41, 5.74) is 6.88. The van der Waals surface area contributed by atoms with Crippen molar-refractivity contribution < 1.29 is 9.47 Å². The van der Waals surface area contributed by atoms with Crippen molar-refractivity contribution in [1.29, 1.82) is 0 Å². The molecular weight excluding hydrogens is 178 g/mol. The maximum absolute atomic E-state index is 5.71. The molecule has 0 atom stereocenters. The first-order valence-electron chi connectivity index (χ1n) is 4.74. The highest BCUT2D eigenvalue weighted by atomic mass is 16.7. The summed E-state index contributed by atoms with van der Waals surface area (Å²) in [5.74, 6) is 1.64. The largest absolute Gasteiger partial charge is 0.454 e. The fraction of sp³-hybridized carbons (Fsp3) is 0.455. The smallest absolute Gasteiger partial charge is 0.231 e. The van der Waals surface area contributed by atoms with E-state index in [9.17, 15) is 0 Å². The maximum Gasteiger partial charge on any atom is 0.231 e. The number of benzene rings is 1. The molecule has 0 fully saturated rings. The Morgan fingerprint density at radius 3 is 2.71 bits per heavy atom. The van der Waals surface area contributed by atoms with E-state index in [0.29, 0.717) is 13.3 Å². The lowest BCUT2D eigenvalue weighted by Gasteiger charge is -2.23. The van der Waals surface area contributed by atoms with Crippen LogP contribution >= 0.6 is 0 Å². The van der Waals surface area contributed by atoms with Crippen LogP contribution in [0, 0.1) is 0 Å². The van der Waals surface area contributed by atoms with E-state index in [2.05, 4.69) is 13.8 Å². The third-order valence-corrected chi connectivity index (χ3v) is 2.66. The van der Waals surface area contributed by atoms with Gasteiger partial charge < -0.3 is 15.2 Å². The van der Waals surface area contributed by atoms with Crippen molar-refractivity contribution in [2.75, 3.05) is 13.3 Å². The molecule has 0 aliphatic carbocycles. The number of hydrogen-bond donors (Lipinski definition) is 1. The fourth-order valence-electron chi connectivity index (χ4n) is 1.44. The summed E-state index contributed by atoms with van der Waals surface area (Å²) in [4.78, 5) is 0. The van der Waals surface area contributed by atoms with Crippen molar-refractivity contribution in [2.45, 2.75) is 19.3 Å². The minimum absolute atomic E-state index is 0.0129. The molecule has 0 saturated carbocycles. The van der Waals surface area contributed by atoms with E-state index >= 15 is 0 Å². The number of hydrogen-bond acceptors (Lipinski definition) is 3. The molecule has 2 N–H and O–H groups in total. The summed E-state index contributed by atoms with van der Waals surface area (Å²) in [6, 6.07) is 5.99. The zero-order valence-electron chi connectivity index (χ0n) is 8.54. The molecule has 76 valence electrons. The molecule has 0 spiro atoms. The SMILES string of the molecule is CC(C)(CN)c1ccc2c(c1)OCO2. The lowest BCUT2D eigenvalue weighted by molar-refractivity contribution is 0.174. The van der Waals surface area contributed by atoms with Gasteiger partial charge in [0.05, 0.1) is 0 Å². The van der Waals surface area contributed by atoms with Gasteiger partial charge in [0.2, 0.25) is 6.79 Å². The minimum atomic E-state index is -0.0129. The van der Waals surface area contributed by atoms with Gasteiger partial charge in [0.15, 0.2) is 11.5 Å². The molecule has 1 aromatic carbocycles. The predicted octanol–water partition coefficient (Wildman–Crippen LogP) is 1.65. The van der Waals surface area contributed by atoms with Crippen LogP contribution in [0.1, 0.15) is 19.4 Å². The Morgan fingerprint density at radius 1 is 1.29 bits per heavy atom. The van der Waals surface area contributed by atoms with Crippen LogP contribution in [0.25, 0.3) is 0 Å². The second kappa shape index (κ2) is 3.17. The van der Waals surface area contributed by atoms with E-state index in [1.165, 1.54) is 5.56 Å². The maximum atomic E-state index is 5.71. The highest BCUT2D eigenvalue weighted by Crippen LogP contribution is 2.35. The molecule has 0 bridgehead atoms. The Hall–Kier alpha value is -1.22. The standard InChI is InChI=1S/C11H15NO2/c1-11(2,6-12)8-3-4-9-10(5-8)14-7-13-9/h3-5H,6-7,12H2,1-2H3. The Labute approximate surface area is 83.8 Å². The summed E-state index contributed by atoms with van der Waals surface area (Å²) < 4.78 is 10.6. The number of fused-ring (bicyclic) bond motifs is 1. The average Bonchev–Trinajstić information content (AvgIpc) is 2.64. The van der Waals surface area contributed by atoms with Crippen molar-refractivity contribution in [3.63, 3.8) is 0 Å². The van der Waals surface area contributed by atoms with Crippen molar-refractivity contribution in [3.8, 4) is 11.5 Å². The zero-order valence-corrected chi connectivity index (χ0v) is 8.54. The summed E-state index contributed by atoms with van der Waals surface area (Å²) in [7, 11) is 0. The summed E-state index contributed by atoms with van der Waals surface area (Å²) in [5, 5.41) is 0. The van der Waals surface area contributed by atoms with Crippen LogP contribution in [-0.4, -0.2) is 13.3 Å². The molecule has 0 unspecified atom stereocenters. The van der Waals surface area contributed by atoms with Gasteiger partial charge in [-0.25, -0.2) is 0 Å². The molecule has 1 aliphatic heterocycles. The molecule has 3 nitrogen and oxygen atoms in total. The highest BCUT2D eigenvalue weighted by molar-refractivity contribution is 5.46. The van der Waals surface area contributed by atoms with Crippen LogP contribution < -0.4 is 15.2 Å². The summed E-state index contributed by atoms with van der Waals surface area (Å²) in [6.07, 6.45) is 0. The van der Waals surface area contributed by atoms with E-state index in [1.54, 1.807) is 0 Å². The Balaban J connectivity index is 2.38. The van der Waals surface area contributed by atoms with E-state index in [-0.39, 0.29) is 5.41 Å². The van der Waals surface area contributed by atoms with E-state index in [1.807, 2.05) is 18.2 Å². The molecule has 1 aromatic rings. The Morgan fingerprint density at radius 2 is 2.00 bits per heavy atom. The van der Waals surface area contributed by atoms with Crippen LogP contribution in [0.5, 0.6) is 11.5 Å². The normalized spacial score (nSPS) is 14.5. The second-order valence-electron chi connectivity index (χ2n) is 4.16. The van der Waals surface area contributed by atoms with E-state index < -0.39 is 0 Å². The summed E-state index contributed by atoms with van der Waals surface area (Å²) >= 11 is 0. The first-order valence-corrected chi connectivity index (χ1v) is 4.74. The first kappa shape index (κ1) is 9.34. The van der Waals surface area contributed by atoms with Gasteiger partial charge in [0.1, 0.15) is 0 Å². The number of nitrogens with two attached hydrogens (primary N) is 1. The lowest BCUT2D eigenvalue weighted by atomic mass is 9.85. The van der Waals surface area contributed by atoms with Gasteiger partial charge in [-0.3, -0.25) is 0 Å². The molecule has 2 rings (SSSR count). The zero-order chi connectivity index (χ0) is 10.2. The topological polar surface area (TPSA) is 44.5 Å². The van der Waals surface area contributed by atoms with Crippen molar-refractivity contribution in [1.82, 2.24) is 0 Å². The van der Waals surface area contributed by atoms with Crippen LogP contribution in [0.4, 0.5) is 0 Å². The quantitative estimate of drug-likeness (QED) is 0.776. The molecule has 1 aliphatic rings. The molecule has 1 heterocycles. The monoisotopic (exact) mass is 193 g/mol. The molecule has 14 heavy (non-hydrogen) atoms. The number of rotatable bonds is 2. The van der Waals surface area contributed by atoms with E-state index in [0.717, 1.165) is 11.5 Å². The molecule has 0 aromatic heterocycles. The van der Waals surface area contributed by atoms with Gasteiger partial charge in [0.25, 0.3) is 0 Å². The fourth-order valence-corrected chi connectivity index (χ4v) is 1.44. The Kier molecular flexibility index (Phi) is 2.11. The van der Waals surface area contributed by atoms with Gasteiger partial charge >= 0.3 is 0 Å². The predicted molar refractivity (Wildman–Crippen MR) is 54.6 cm³/mol. The van der Waals surface area contributed by atoms with Crippen LogP contribution in [0.3, 0.4) is 0 Å². The third-order valence-electron chi connectivity index (χ3n) is 2.66. The van der Waals surface area contributed by atoms with Gasteiger partial charge in [0, 0.05) is 12.0 Å². The molecule has 3 heteroatoms. The van der Waals surface area contributed by atoms with E-state index in [4.69, 9.17) is 15.2 Å². The van der Waals surface area contributed by atoms with Gasteiger partial charge in [-0.2, -0.15) is 0 Å². The molecule has 0 radical (unpaired) electrons. The lowest BCUT2D eigenvalue weighted by Crippen LogP contribution is -2.27. The molecule has 0 saturated heterocycles. The van der Waals surface area contributed by atoms with Crippen LogP contribution in [0.15, 0.2) is 18.2 Å². The van der Waals surface area contributed by atoms with Gasteiger partial charge in [-0.15, -0.1) is 0 Å². The van der Waals surface area contributed by atoms with Crippen LogP contribution in [-0.2, 0) is 5.41 Å². The van der Waals surface area contributed by atoms with Crippen molar-refractivity contribution in [2.24, 2.45) is 5.73 Å².